The number of nitrogens with one attached hydrogen (secondary N) is 1. The van der Waals surface area contributed by atoms with Gasteiger partial charge >= 0.3 is 5.97 Å². The molecule has 1 atom stereocenters. The smallest absolute Gasteiger partial charge is 0.341 e. The van der Waals surface area contributed by atoms with Crippen LogP contribution in [0.25, 0.3) is 5.69 Å². The van der Waals surface area contributed by atoms with Crippen molar-refractivity contribution in [3.63, 3.8) is 0 Å². The minimum absolute atomic E-state index is 0.0925. The molecule has 3 aromatic rings. The summed E-state index contributed by atoms with van der Waals surface area (Å²) in [6.45, 7) is 4.27. The summed E-state index contributed by atoms with van der Waals surface area (Å²) >= 11 is 8.62. The third kappa shape index (κ3) is 4.97. The van der Waals surface area contributed by atoms with Gasteiger partial charge in [-0.25, -0.2) is 4.79 Å². The number of anilines is 1. The van der Waals surface area contributed by atoms with Crippen LogP contribution in [0.3, 0.4) is 0 Å². The van der Waals surface area contributed by atoms with Gasteiger partial charge in [0.15, 0.2) is 0 Å². The van der Waals surface area contributed by atoms with E-state index in [1.54, 1.807) is 35.9 Å². The summed E-state index contributed by atoms with van der Waals surface area (Å²) in [5.74, 6) is 0.0314. The van der Waals surface area contributed by atoms with Crippen molar-refractivity contribution in [3.05, 3.63) is 45.3 Å². The van der Waals surface area contributed by atoms with E-state index in [0.29, 0.717) is 26.7 Å². The zero-order valence-electron chi connectivity index (χ0n) is 17.6. The van der Waals surface area contributed by atoms with Crippen molar-refractivity contribution in [1.29, 1.82) is 0 Å². The van der Waals surface area contributed by atoms with E-state index in [1.807, 2.05) is 0 Å². The number of esters is 1. The molecule has 4 rings (SSSR count). The maximum absolute atomic E-state index is 12.7. The fraction of sp³-hybridized carbons (Fsp3) is 0.381. The van der Waals surface area contributed by atoms with E-state index in [2.05, 4.69) is 27.8 Å². The van der Waals surface area contributed by atoms with Crippen LogP contribution in [0.1, 0.15) is 41.1 Å². The monoisotopic (exact) mass is 491 g/mol. The number of tetrazole rings is 1. The highest BCUT2D eigenvalue weighted by Crippen LogP contribution is 2.40. The lowest BCUT2D eigenvalue weighted by Crippen LogP contribution is -2.18. The van der Waals surface area contributed by atoms with Gasteiger partial charge in [0.2, 0.25) is 11.1 Å². The van der Waals surface area contributed by atoms with Gasteiger partial charge in [0.05, 0.1) is 23.6 Å². The van der Waals surface area contributed by atoms with Crippen LogP contribution >= 0.6 is 34.7 Å². The first-order valence-electron chi connectivity index (χ1n) is 10.2. The first kappa shape index (κ1) is 22.8. The molecule has 32 heavy (non-hydrogen) atoms. The van der Waals surface area contributed by atoms with Gasteiger partial charge in [-0.15, -0.1) is 16.4 Å². The number of amides is 1. The molecule has 0 bridgehead atoms. The summed E-state index contributed by atoms with van der Waals surface area (Å²) < 4.78 is 6.81. The number of hydrogen-bond acceptors (Lipinski definition) is 8. The first-order chi connectivity index (χ1) is 15.5. The minimum Gasteiger partial charge on any atom is -0.462 e. The van der Waals surface area contributed by atoms with Gasteiger partial charge in [0.1, 0.15) is 5.00 Å². The molecular formula is C21H22ClN5O3S2. The third-order valence-corrected chi connectivity index (χ3v) is 7.43. The van der Waals surface area contributed by atoms with Crippen LogP contribution in [0, 0.1) is 5.92 Å². The highest BCUT2D eigenvalue weighted by Gasteiger charge is 2.29. The maximum Gasteiger partial charge on any atom is 0.341 e. The van der Waals surface area contributed by atoms with Gasteiger partial charge in [-0.3, -0.25) is 4.79 Å². The molecule has 1 N–H and O–H groups in total. The zero-order chi connectivity index (χ0) is 22.7. The highest BCUT2D eigenvalue weighted by molar-refractivity contribution is 7.99. The maximum atomic E-state index is 12.7. The quantitative estimate of drug-likeness (QED) is 0.386. The molecule has 8 nitrogen and oxygen atoms in total. The number of ether oxygens (including phenoxy) is 1. The minimum atomic E-state index is -0.380. The topological polar surface area (TPSA) is 99.0 Å². The number of hydrogen-bond donors (Lipinski definition) is 1. The lowest BCUT2D eigenvalue weighted by atomic mass is 9.88. The van der Waals surface area contributed by atoms with Crippen LogP contribution in [-0.2, 0) is 22.4 Å². The lowest BCUT2D eigenvalue weighted by Gasteiger charge is -2.18. The van der Waals surface area contributed by atoms with Crippen molar-refractivity contribution < 1.29 is 14.3 Å². The molecule has 11 heteroatoms. The molecule has 1 unspecified atom stereocenters. The fourth-order valence-corrected chi connectivity index (χ4v) is 5.80. The van der Waals surface area contributed by atoms with Gasteiger partial charge < -0.3 is 10.1 Å². The molecule has 2 aromatic heterocycles. The van der Waals surface area contributed by atoms with Crippen molar-refractivity contribution in [2.24, 2.45) is 5.92 Å². The van der Waals surface area contributed by atoms with E-state index < -0.39 is 0 Å². The van der Waals surface area contributed by atoms with Crippen LogP contribution in [0.15, 0.2) is 29.4 Å². The number of rotatable bonds is 7. The normalized spacial score (nSPS) is 15.3. The van der Waals surface area contributed by atoms with Crippen molar-refractivity contribution in [3.8, 4) is 5.69 Å². The molecule has 0 saturated carbocycles. The van der Waals surface area contributed by atoms with E-state index in [9.17, 15) is 9.59 Å². The Bertz CT molecular complexity index is 1130. The summed E-state index contributed by atoms with van der Waals surface area (Å²) in [6.07, 6.45) is 2.75. The van der Waals surface area contributed by atoms with E-state index in [-0.39, 0.29) is 24.2 Å². The lowest BCUT2D eigenvalue weighted by molar-refractivity contribution is -0.113. The summed E-state index contributed by atoms with van der Waals surface area (Å²) in [6, 6.07) is 7.09. The fourth-order valence-electron chi connectivity index (χ4n) is 3.56. The highest BCUT2D eigenvalue weighted by atomic mass is 35.5. The summed E-state index contributed by atoms with van der Waals surface area (Å²) in [4.78, 5) is 26.5. The van der Waals surface area contributed by atoms with Crippen molar-refractivity contribution in [2.45, 2.75) is 38.3 Å². The largest absolute Gasteiger partial charge is 0.462 e. The number of carbonyl (C=O) groups excluding carboxylic acids is 2. The van der Waals surface area contributed by atoms with E-state index in [4.69, 9.17) is 16.3 Å². The van der Waals surface area contributed by atoms with Crippen LogP contribution in [0.4, 0.5) is 5.00 Å². The second-order valence-electron chi connectivity index (χ2n) is 7.46. The number of benzene rings is 1. The Balaban J connectivity index is 1.48. The van der Waals surface area contributed by atoms with Crippen LogP contribution in [-0.4, -0.2) is 44.4 Å². The number of nitrogens with zero attached hydrogens (tertiary/aromatic N) is 4. The Labute approximate surface area is 198 Å². The zero-order valence-corrected chi connectivity index (χ0v) is 20.0. The number of carbonyl (C=O) groups is 2. The average molecular weight is 492 g/mol. The number of thiophene rings is 1. The SMILES string of the molecule is CCOC(=O)c1c(NC(=O)CSc2nnnn2-c2ccc(Cl)cc2)sc2c1CCC(C)C2. The Morgan fingerprint density at radius 2 is 2.12 bits per heavy atom. The molecule has 1 aliphatic rings. The molecule has 1 aliphatic carbocycles. The molecule has 0 saturated heterocycles. The number of thioether (sulfide) groups is 1. The molecule has 2 heterocycles. The van der Waals surface area contributed by atoms with Gasteiger partial charge in [-0.1, -0.05) is 30.3 Å². The van der Waals surface area contributed by atoms with Crippen molar-refractivity contribution in [2.75, 3.05) is 17.7 Å². The van der Waals surface area contributed by atoms with Crippen LogP contribution in [0.2, 0.25) is 5.02 Å². The summed E-state index contributed by atoms with van der Waals surface area (Å²) in [7, 11) is 0. The molecule has 168 valence electrons. The predicted molar refractivity (Wildman–Crippen MR) is 125 cm³/mol. The van der Waals surface area contributed by atoms with Crippen LogP contribution < -0.4 is 5.32 Å². The second-order valence-corrected chi connectivity index (χ2v) is 9.95. The predicted octanol–water partition coefficient (Wildman–Crippen LogP) is 4.41. The number of fused-ring (bicyclic) bond motifs is 1. The van der Waals surface area contributed by atoms with Crippen molar-refractivity contribution in [1.82, 2.24) is 20.2 Å². The molecule has 0 spiro atoms. The van der Waals surface area contributed by atoms with E-state index in [1.165, 1.54) is 23.1 Å². The Morgan fingerprint density at radius 1 is 1.34 bits per heavy atom. The summed E-state index contributed by atoms with van der Waals surface area (Å²) in [5.41, 5.74) is 2.26. The summed E-state index contributed by atoms with van der Waals surface area (Å²) in [5, 5.41) is 16.3. The van der Waals surface area contributed by atoms with Gasteiger partial charge in [0.25, 0.3) is 0 Å². The average Bonchev–Trinajstić information content (AvgIpc) is 3.36. The molecule has 0 radical (unpaired) electrons. The van der Waals surface area contributed by atoms with E-state index in [0.717, 1.165) is 35.4 Å². The number of halogens is 1. The molecule has 0 fully saturated rings. The molecular weight excluding hydrogens is 470 g/mol. The second kappa shape index (κ2) is 10.0. The Hall–Kier alpha value is -2.43. The van der Waals surface area contributed by atoms with E-state index >= 15 is 0 Å². The standard InChI is InChI=1S/C21H22ClN5O3S2/c1-3-30-20(29)18-15-9-4-12(2)10-16(15)32-19(18)23-17(28)11-31-21-24-25-26-27(21)14-7-5-13(22)6-8-14/h5-8,12H,3-4,9-11H2,1-2H3,(H,23,28). The van der Waals surface area contributed by atoms with Gasteiger partial charge in [-0.05, 0) is 72.4 Å². The van der Waals surface area contributed by atoms with Gasteiger partial charge in [-0.2, -0.15) is 4.68 Å². The van der Waals surface area contributed by atoms with Crippen LogP contribution in [0.5, 0.6) is 0 Å². The Kier molecular flexibility index (Phi) is 7.12. The van der Waals surface area contributed by atoms with Gasteiger partial charge in [0, 0.05) is 9.90 Å². The Morgan fingerprint density at radius 3 is 2.88 bits per heavy atom. The number of aromatic nitrogens is 4. The first-order valence-corrected chi connectivity index (χ1v) is 12.4. The molecule has 1 aromatic carbocycles. The molecule has 0 aliphatic heterocycles. The van der Waals surface area contributed by atoms with Crippen molar-refractivity contribution >= 4 is 51.6 Å². The molecule has 1 amide bonds. The third-order valence-electron chi connectivity index (χ3n) is 5.09.